The Morgan fingerprint density at radius 2 is 1.97 bits per heavy atom. The van der Waals surface area contributed by atoms with Crippen molar-refractivity contribution in [3.05, 3.63) is 11.6 Å². The third kappa shape index (κ3) is 2.80. The van der Waals surface area contributed by atoms with Crippen molar-refractivity contribution in [2.75, 3.05) is 6.61 Å². The highest BCUT2D eigenvalue weighted by atomic mass is 16.7. The standard InChI is InChI=1S/C25H34O10/c1-6-22(4,31)21(30)35-16-15-11(3)17(27)25(32)20-23(5)12(10(2)7-13(26)18(23)28)8-14(34-19(16)29)24(15,20)9-33-25/h7,11-12,14-18,20,27-28,31-32H,6,8-9H2,1-5H3/t11-,12-,14?,15+,16+,17+,18-,20+,22-,23+,24-,25-/m0/s1. The van der Waals surface area contributed by atoms with Crippen molar-refractivity contribution in [3.63, 3.8) is 0 Å². The molecule has 5 rings (SSSR count). The topological polar surface area (TPSA) is 160 Å². The Morgan fingerprint density at radius 3 is 2.60 bits per heavy atom. The monoisotopic (exact) mass is 494 g/mol. The van der Waals surface area contributed by atoms with Crippen LogP contribution in [-0.2, 0) is 28.6 Å². The lowest BCUT2D eigenvalue weighted by Gasteiger charge is -2.68. The number of allylic oxidation sites excluding steroid dienone is 1. The molecule has 12 atom stereocenters. The smallest absolute Gasteiger partial charge is 0.348 e. The third-order valence-electron chi connectivity index (χ3n) is 9.99. The summed E-state index contributed by atoms with van der Waals surface area (Å²) in [6.45, 7) is 7.88. The van der Waals surface area contributed by atoms with Gasteiger partial charge in [0.1, 0.15) is 18.3 Å². The van der Waals surface area contributed by atoms with Gasteiger partial charge in [0.25, 0.3) is 0 Å². The van der Waals surface area contributed by atoms with Crippen molar-refractivity contribution >= 4 is 17.7 Å². The molecule has 0 aromatic heterocycles. The number of carbonyl (C=O) groups excluding carboxylic acids is 3. The second-order valence-electron chi connectivity index (χ2n) is 11.6. The minimum atomic E-state index is -2.12. The Hall–Kier alpha value is -1.85. The fourth-order valence-corrected chi connectivity index (χ4v) is 8.12. The first kappa shape index (κ1) is 24.8. The molecule has 194 valence electrons. The molecule has 4 N–H and O–H groups in total. The number of rotatable bonds is 3. The number of fused-ring (bicyclic) bond motifs is 1. The van der Waals surface area contributed by atoms with E-state index in [9.17, 15) is 34.8 Å². The molecule has 5 aliphatic rings. The van der Waals surface area contributed by atoms with E-state index in [1.165, 1.54) is 13.0 Å². The van der Waals surface area contributed by atoms with Crippen molar-refractivity contribution in [2.45, 2.75) is 83.3 Å². The number of aliphatic hydroxyl groups excluding tert-OH is 2. The largest absolute Gasteiger partial charge is 0.459 e. The first-order valence-electron chi connectivity index (χ1n) is 12.3. The van der Waals surface area contributed by atoms with Gasteiger partial charge >= 0.3 is 11.9 Å². The zero-order valence-corrected chi connectivity index (χ0v) is 20.6. The molecule has 4 fully saturated rings. The lowest BCUT2D eigenvalue weighted by molar-refractivity contribution is -0.340. The van der Waals surface area contributed by atoms with Gasteiger partial charge in [0.15, 0.2) is 17.2 Å². The first-order chi connectivity index (χ1) is 16.2. The molecule has 0 radical (unpaired) electrons. The zero-order valence-electron chi connectivity index (χ0n) is 20.6. The van der Waals surface area contributed by atoms with Gasteiger partial charge in [-0.3, -0.25) is 4.79 Å². The van der Waals surface area contributed by atoms with E-state index in [1.807, 2.05) is 0 Å². The van der Waals surface area contributed by atoms with E-state index in [-0.39, 0.29) is 19.4 Å². The number of carbonyl (C=O) groups is 3. The average Bonchev–Trinajstić information content (AvgIpc) is 3.08. The zero-order chi connectivity index (χ0) is 25.9. The lowest BCUT2D eigenvalue weighted by atomic mass is 9.38. The highest BCUT2D eigenvalue weighted by molar-refractivity contribution is 5.96. The van der Waals surface area contributed by atoms with Crippen LogP contribution < -0.4 is 0 Å². The second-order valence-corrected chi connectivity index (χ2v) is 11.6. The minimum absolute atomic E-state index is 0.0510. The first-order valence-corrected chi connectivity index (χ1v) is 12.3. The summed E-state index contributed by atoms with van der Waals surface area (Å²) in [5.74, 6) is -7.47. The molecule has 2 bridgehead atoms. The van der Waals surface area contributed by atoms with Gasteiger partial charge in [0.05, 0.1) is 6.61 Å². The van der Waals surface area contributed by atoms with E-state index in [1.54, 1.807) is 27.7 Å². The average molecular weight is 495 g/mol. The van der Waals surface area contributed by atoms with Gasteiger partial charge in [-0.05, 0) is 44.6 Å². The van der Waals surface area contributed by atoms with Crippen LogP contribution in [-0.4, -0.2) is 80.6 Å². The van der Waals surface area contributed by atoms with Crippen molar-refractivity contribution in [1.29, 1.82) is 0 Å². The maximum atomic E-state index is 13.3. The summed E-state index contributed by atoms with van der Waals surface area (Å²) in [6.07, 6.45) is -3.51. The SMILES string of the molecule is CC[C@](C)(O)C(=O)O[C@H]1C(=O)OC2C[C@H]3C(C)=CC(=O)[C@H](O)[C@]3(C)[C@H]3[C@@]4(O)OC[C@@]23[C@@H]1[C@H](C)[C@H]4O. The van der Waals surface area contributed by atoms with E-state index in [4.69, 9.17) is 14.2 Å². The van der Waals surface area contributed by atoms with Crippen molar-refractivity contribution < 1.29 is 49.0 Å². The maximum Gasteiger partial charge on any atom is 0.348 e. The van der Waals surface area contributed by atoms with Crippen molar-refractivity contribution in [2.24, 2.45) is 34.5 Å². The molecule has 0 aromatic carbocycles. The van der Waals surface area contributed by atoms with Gasteiger partial charge in [-0.15, -0.1) is 0 Å². The van der Waals surface area contributed by atoms with Crippen LogP contribution in [0.5, 0.6) is 0 Å². The highest BCUT2D eigenvalue weighted by Gasteiger charge is 2.83. The molecule has 35 heavy (non-hydrogen) atoms. The van der Waals surface area contributed by atoms with Crippen LogP contribution in [0.2, 0.25) is 0 Å². The highest BCUT2D eigenvalue weighted by Crippen LogP contribution is 2.73. The molecule has 1 spiro atoms. The molecule has 2 aliphatic heterocycles. The molecule has 10 heteroatoms. The summed E-state index contributed by atoms with van der Waals surface area (Å²) >= 11 is 0. The fourth-order valence-electron chi connectivity index (χ4n) is 8.12. The van der Waals surface area contributed by atoms with E-state index < -0.39 is 88.0 Å². The normalized spacial score (nSPS) is 52.0. The lowest BCUT2D eigenvalue weighted by Crippen LogP contribution is -2.78. The summed E-state index contributed by atoms with van der Waals surface area (Å²) < 4.78 is 17.4. The summed E-state index contributed by atoms with van der Waals surface area (Å²) in [7, 11) is 0. The van der Waals surface area contributed by atoms with Gasteiger partial charge in [-0.25, -0.2) is 9.59 Å². The third-order valence-corrected chi connectivity index (χ3v) is 9.99. The summed E-state index contributed by atoms with van der Waals surface area (Å²) in [4.78, 5) is 38.8. The van der Waals surface area contributed by atoms with E-state index in [2.05, 4.69) is 0 Å². The Labute approximate surface area is 203 Å². The molecule has 0 amide bonds. The molecule has 0 aromatic rings. The van der Waals surface area contributed by atoms with E-state index in [0.29, 0.717) is 5.57 Å². The van der Waals surface area contributed by atoms with Gasteiger partial charge in [0, 0.05) is 22.7 Å². The van der Waals surface area contributed by atoms with Crippen LogP contribution in [0.3, 0.4) is 0 Å². The summed E-state index contributed by atoms with van der Waals surface area (Å²) in [5, 5.41) is 44.8. The molecular formula is C25H34O10. The van der Waals surface area contributed by atoms with E-state index >= 15 is 0 Å². The van der Waals surface area contributed by atoms with Crippen LogP contribution in [0.25, 0.3) is 0 Å². The number of aliphatic hydroxyl groups is 4. The Morgan fingerprint density at radius 1 is 1.31 bits per heavy atom. The van der Waals surface area contributed by atoms with E-state index in [0.717, 1.165) is 0 Å². The molecular weight excluding hydrogens is 460 g/mol. The minimum Gasteiger partial charge on any atom is -0.459 e. The van der Waals surface area contributed by atoms with Gasteiger partial charge in [-0.1, -0.05) is 26.3 Å². The summed E-state index contributed by atoms with van der Waals surface area (Å²) in [5.41, 5.74) is -3.54. The molecule has 10 nitrogen and oxygen atoms in total. The second kappa shape index (κ2) is 7.35. The quantitative estimate of drug-likeness (QED) is 0.389. The van der Waals surface area contributed by atoms with Crippen LogP contribution in [0.4, 0.5) is 0 Å². The predicted molar refractivity (Wildman–Crippen MR) is 117 cm³/mol. The van der Waals surface area contributed by atoms with Gasteiger partial charge in [-0.2, -0.15) is 0 Å². The summed E-state index contributed by atoms with van der Waals surface area (Å²) in [6, 6.07) is 0. The molecule has 2 heterocycles. The number of hydrogen-bond acceptors (Lipinski definition) is 10. The Bertz CT molecular complexity index is 1020. The van der Waals surface area contributed by atoms with Crippen LogP contribution >= 0.6 is 0 Å². The van der Waals surface area contributed by atoms with Gasteiger partial charge < -0.3 is 34.6 Å². The van der Waals surface area contributed by atoms with Crippen molar-refractivity contribution in [1.82, 2.24) is 0 Å². The number of ether oxygens (including phenoxy) is 3. The maximum absolute atomic E-state index is 13.3. The van der Waals surface area contributed by atoms with Crippen LogP contribution in [0.1, 0.15) is 47.5 Å². The predicted octanol–water partition coefficient (Wildman–Crippen LogP) is -0.151. The van der Waals surface area contributed by atoms with Crippen molar-refractivity contribution in [3.8, 4) is 0 Å². The Kier molecular flexibility index (Phi) is 5.21. The molecule has 2 saturated carbocycles. The van der Waals surface area contributed by atoms with Crippen LogP contribution in [0.15, 0.2) is 11.6 Å². The fraction of sp³-hybridized carbons (Fsp3) is 0.800. The molecule has 1 unspecified atom stereocenters. The molecule has 3 aliphatic carbocycles. The van der Waals surface area contributed by atoms with Gasteiger partial charge in [0.2, 0.25) is 6.10 Å². The number of esters is 2. The molecule has 2 saturated heterocycles. The Balaban J connectivity index is 1.69. The van der Waals surface area contributed by atoms with Crippen LogP contribution in [0, 0.1) is 34.5 Å². The number of ketones is 1. The number of hydrogen-bond donors (Lipinski definition) is 4.